The van der Waals surface area contributed by atoms with Gasteiger partial charge in [0.15, 0.2) is 5.17 Å². The fourth-order valence-electron chi connectivity index (χ4n) is 3.18. The SMILES string of the molecule is C=CCN1C(=O)[C@@H](CC(=O)Nc2ccccc2C)SC1=Nc1c(C)cccc1C. The Balaban J connectivity index is 1.80. The number of nitrogens with one attached hydrogen (secondary N) is 1. The molecule has 1 atom stereocenters. The number of benzene rings is 2. The van der Waals surface area contributed by atoms with Crippen molar-refractivity contribution in [3.63, 3.8) is 0 Å². The van der Waals surface area contributed by atoms with E-state index in [9.17, 15) is 9.59 Å². The Kier molecular flexibility index (Phi) is 6.54. The summed E-state index contributed by atoms with van der Waals surface area (Å²) in [5.41, 5.74) is 4.70. The molecule has 0 unspecified atom stereocenters. The first-order chi connectivity index (χ1) is 13.9. The van der Waals surface area contributed by atoms with E-state index in [0.717, 1.165) is 28.1 Å². The third-order valence-corrected chi connectivity index (χ3v) is 5.94. The second-order valence-electron chi connectivity index (χ2n) is 7.05. The van der Waals surface area contributed by atoms with Gasteiger partial charge in [-0.05, 0) is 43.5 Å². The Hall–Kier alpha value is -2.86. The Bertz CT molecular complexity index is 964. The van der Waals surface area contributed by atoms with Crippen LogP contribution in [0.15, 0.2) is 60.1 Å². The number of carbonyl (C=O) groups is 2. The molecule has 0 aliphatic carbocycles. The van der Waals surface area contributed by atoms with Crippen molar-refractivity contribution in [3.8, 4) is 0 Å². The smallest absolute Gasteiger partial charge is 0.242 e. The largest absolute Gasteiger partial charge is 0.326 e. The maximum Gasteiger partial charge on any atom is 0.242 e. The van der Waals surface area contributed by atoms with E-state index in [1.165, 1.54) is 11.8 Å². The average Bonchev–Trinajstić information content (AvgIpc) is 2.96. The third-order valence-electron chi connectivity index (χ3n) is 4.77. The van der Waals surface area contributed by atoms with Crippen molar-refractivity contribution in [2.45, 2.75) is 32.4 Å². The van der Waals surface area contributed by atoms with Crippen LogP contribution in [-0.4, -0.2) is 33.7 Å². The minimum atomic E-state index is -0.498. The number of amidine groups is 1. The second-order valence-corrected chi connectivity index (χ2v) is 8.22. The van der Waals surface area contributed by atoms with E-state index < -0.39 is 5.25 Å². The molecule has 3 rings (SSSR count). The number of aliphatic imine (C=N–C) groups is 1. The molecule has 1 aliphatic heterocycles. The van der Waals surface area contributed by atoms with Crippen LogP contribution in [0.1, 0.15) is 23.1 Å². The normalized spacial score (nSPS) is 17.6. The maximum absolute atomic E-state index is 12.9. The summed E-state index contributed by atoms with van der Waals surface area (Å²) >= 11 is 1.34. The number of hydrogen-bond donors (Lipinski definition) is 1. The lowest BCUT2D eigenvalue weighted by Crippen LogP contribution is -2.33. The van der Waals surface area contributed by atoms with Crippen molar-refractivity contribution in [3.05, 3.63) is 71.8 Å². The molecule has 2 aromatic rings. The zero-order valence-electron chi connectivity index (χ0n) is 16.9. The predicted octanol–water partition coefficient (Wildman–Crippen LogP) is 4.76. The Morgan fingerprint density at radius 1 is 1.14 bits per heavy atom. The Morgan fingerprint density at radius 3 is 2.45 bits per heavy atom. The topological polar surface area (TPSA) is 61.8 Å². The first-order valence-electron chi connectivity index (χ1n) is 9.50. The Morgan fingerprint density at radius 2 is 1.79 bits per heavy atom. The van der Waals surface area contributed by atoms with Crippen LogP contribution in [0.2, 0.25) is 0 Å². The highest BCUT2D eigenvalue weighted by Crippen LogP contribution is 2.33. The van der Waals surface area contributed by atoms with E-state index in [-0.39, 0.29) is 18.2 Å². The molecule has 29 heavy (non-hydrogen) atoms. The van der Waals surface area contributed by atoms with Gasteiger partial charge < -0.3 is 5.32 Å². The van der Waals surface area contributed by atoms with E-state index in [0.29, 0.717) is 11.7 Å². The van der Waals surface area contributed by atoms with Gasteiger partial charge in [-0.2, -0.15) is 0 Å². The number of nitrogens with zero attached hydrogens (tertiary/aromatic N) is 2. The molecule has 1 fully saturated rings. The van der Waals surface area contributed by atoms with Crippen LogP contribution >= 0.6 is 11.8 Å². The molecule has 1 N–H and O–H groups in total. The van der Waals surface area contributed by atoms with Gasteiger partial charge in [0.1, 0.15) is 5.25 Å². The molecule has 0 bridgehead atoms. The molecule has 0 spiro atoms. The summed E-state index contributed by atoms with van der Waals surface area (Å²) in [4.78, 5) is 31.8. The van der Waals surface area contributed by atoms with Crippen molar-refractivity contribution in [2.24, 2.45) is 4.99 Å². The number of carbonyl (C=O) groups excluding carboxylic acids is 2. The van der Waals surface area contributed by atoms with Gasteiger partial charge in [-0.3, -0.25) is 14.5 Å². The number of amides is 2. The Labute approximate surface area is 175 Å². The van der Waals surface area contributed by atoms with Gasteiger partial charge in [0.05, 0.1) is 5.69 Å². The zero-order valence-corrected chi connectivity index (χ0v) is 17.8. The van der Waals surface area contributed by atoms with Crippen molar-refractivity contribution < 1.29 is 9.59 Å². The quantitative estimate of drug-likeness (QED) is 0.703. The predicted molar refractivity (Wildman–Crippen MR) is 121 cm³/mol. The standard InChI is InChI=1S/C23H25N3O2S/c1-5-13-26-22(28)19(14-20(27)24-18-12-7-6-9-15(18)2)29-23(26)25-21-16(3)10-8-11-17(21)4/h5-12,19H,1,13-14H2,2-4H3,(H,24,27)/t19-/m1/s1. The number of para-hydroxylation sites is 2. The zero-order chi connectivity index (χ0) is 21.0. The number of rotatable bonds is 6. The maximum atomic E-state index is 12.9. The molecule has 5 nitrogen and oxygen atoms in total. The van der Waals surface area contributed by atoms with Crippen LogP contribution in [0.5, 0.6) is 0 Å². The molecule has 1 aliphatic rings. The van der Waals surface area contributed by atoms with E-state index >= 15 is 0 Å². The minimum Gasteiger partial charge on any atom is -0.326 e. The second kappa shape index (κ2) is 9.09. The van der Waals surface area contributed by atoms with Crippen molar-refractivity contribution in [2.75, 3.05) is 11.9 Å². The summed E-state index contributed by atoms with van der Waals surface area (Å²) in [6.45, 7) is 10.1. The first kappa shape index (κ1) is 20.9. The van der Waals surface area contributed by atoms with E-state index in [2.05, 4.69) is 11.9 Å². The van der Waals surface area contributed by atoms with Crippen LogP contribution in [0.3, 0.4) is 0 Å². The lowest BCUT2D eigenvalue weighted by atomic mass is 10.1. The summed E-state index contributed by atoms with van der Waals surface area (Å²) in [5, 5.41) is 3.02. The highest BCUT2D eigenvalue weighted by Gasteiger charge is 2.38. The van der Waals surface area contributed by atoms with Gasteiger partial charge in [-0.25, -0.2) is 4.99 Å². The summed E-state index contributed by atoms with van der Waals surface area (Å²) in [6.07, 6.45) is 1.77. The van der Waals surface area contributed by atoms with Gasteiger partial charge in [0.2, 0.25) is 11.8 Å². The van der Waals surface area contributed by atoms with Crippen LogP contribution in [-0.2, 0) is 9.59 Å². The third kappa shape index (κ3) is 4.77. The lowest BCUT2D eigenvalue weighted by molar-refractivity contribution is -0.127. The molecule has 0 radical (unpaired) electrons. The molecule has 0 saturated carbocycles. The molecule has 2 aromatic carbocycles. The van der Waals surface area contributed by atoms with Gasteiger partial charge in [0, 0.05) is 18.7 Å². The fourth-order valence-corrected chi connectivity index (χ4v) is 4.34. The first-order valence-corrected chi connectivity index (χ1v) is 10.4. The van der Waals surface area contributed by atoms with Gasteiger partial charge in [-0.15, -0.1) is 6.58 Å². The van der Waals surface area contributed by atoms with Crippen LogP contribution < -0.4 is 5.32 Å². The van der Waals surface area contributed by atoms with Gasteiger partial charge in [-0.1, -0.05) is 54.2 Å². The molecular formula is C23H25N3O2S. The fraction of sp³-hybridized carbons (Fsp3) is 0.261. The molecule has 0 aromatic heterocycles. The van der Waals surface area contributed by atoms with E-state index in [1.54, 1.807) is 11.0 Å². The molecule has 2 amide bonds. The van der Waals surface area contributed by atoms with Gasteiger partial charge in [0.25, 0.3) is 0 Å². The molecule has 1 saturated heterocycles. The van der Waals surface area contributed by atoms with Gasteiger partial charge >= 0.3 is 0 Å². The average molecular weight is 408 g/mol. The highest BCUT2D eigenvalue weighted by atomic mass is 32.2. The van der Waals surface area contributed by atoms with E-state index in [4.69, 9.17) is 4.99 Å². The molecule has 150 valence electrons. The number of anilines is 1. The lowest BCUT2D eigenvalue weighted by Gasteiger charge is -2.15. The summed E-state index contributed by atoms with van der Waals surface area (Å²) in [7, 11) is 0. The van der Waals surface area contributed by atoms with Crippen molar-refractivity contribution in [1.29, 1.82) is 0 Å². The summed E-state index contributed by atoms with van der Waals surface area (Å²) in [5.74, 6) is -0.295. The minimum absolute atomic E-state index is 0.0945. The highest BCUT2D eigenvalue weighted by molar-refractivity contribution is 8.15. The van der Waals surface area contributed by atoms with Crippen LogP contribution in [0.4, 0.5) is 11.4 Å². The molecule has 6 heteroatoms. The number of thioether (sulfide) groups is 1. The van der Waals surface area contributed by atoms with Crippen LogP contribution in [0.25, 0.3) is 0 Å². The van der Waals surface area contributed by atoms with Crippen LogP contribution in [0, 0.1) is 20.8 Å². The van der Waals surface area contributed by atoms with Crippen molar-refractivity contribution >= 4 is 40.1 Å². The molecular weight excluding hydrogens is 382 g/mol. The van der Waals surface area contributed by atoms with E-state index in [1.807, 2.05) is 63.2 Å². The molecule has 1 heterocycles. The monoisotopic (exact) mass is 407 g/mol. The number of aryl methyl sites for hydroxylation is 3. The van der Waals surface area contributed by atoms with Crippen molar-refractivity contribution in [1.82, 2.24) is 4.90 Å². The summed E-state index contributed by atoms with van der Waals surface area (Å²) < 4.78 is 0. The summed E-state index contributed by atoms with van der Waals surface area (Å²) in [6, 6.07) is 13.6. The number of hydrogen-bond acceptors (Lipinski definition) is 4.